The van der Waals surface area contributed by atoms with Crippen molar-refractivity contribution < 1.29 is 0 Å². The fourth-order valence-corrected chi connectivity index (χ4v) is 3.21. The van der Waals surface area contributed by atoms with Gasteiger partial charge < -0.3 is 5.32 Å². The zero-order chi connectivity index (χ0) is 10.6. The monoisotopic (exact) mass is 275 g/mol. The molecule has 1 rings (SSSR count). The van der Waals surface area contributed by atoms with Crippen LogP contribution in [0.15, 0.2) is 9.85 Å². The van der Waals surface area contributed by atoms with E-state index in [1.807, 2.05) is 18.4 Å². The second-order valence-electron chi connectivity index (χ2n) is 3.59. The van der Waals surface area contributed by atoms with Gasteiger partial charge in [0.2, 0.25) is 0 Å². The van der Waals surface area contributed by atoms with Gasteiger partial charge in [-0.1, -0.05) is 19.8 Å². The van der Waals surface area contributed by atoms with Gasteiger partial charge in [-0.05, 0) is 48.0 Å². The van der Waals surface area contributed by atoms with Crippen molar-refractivity contribution in [3.05, 3.63) is 20.3 Å². The average Bonchev–Trinajstić information content (AvgIpc) is 2.48. The predicted octanol–water partition coefficient (Wildman–Crippen LogP) is 4.27. The van der Waals surface area contributed by atoms with E-state index in [2.05, 4.69) is 41.2 Å². The lowest BCUT2D eigenvalue weighted by molar-refractivity contribution is 0.530. The van der Waals surface area contributed by atoms with E-state index in [0.29, 0.717) is 6.04 Å². The highest BCUT2D eigenvalue weighted by molar-refractivity contribution is 9.11. The number of unbranched alkanes of at least 4 members (excludes halogenated alkanes) is 1. The molecule has 1 nitrogen and oxygen atoms in total. The molecular weight excluding hydrogens is 258 g/mol. The third kappa shape index (κ3) is 3.07. The van der Waals surface area contributed by atoms with Crippen LogP contribution < -0.4 is 5.32 Å². The lowest BCUT2D eigenvalue weighted by Crippen LogP contribution is -2.14. The fourth-order valence-electron chi connectivity index (χ4n) is 1.49. The zero-order valence-electron chi connectivity index (χ0n) is 9.06. The first kappa shape index (κ1) is 12.2. The van der Waals surface area contributed by atoms with Crippen molar-refractivity contribution in [2.45, 2.75) is 39.2 Å². The Morgan fingerprint density at radius 1 is 1.57 bits per heavy atom. The van der Waals surface area contributed by atoms with Gasteiger partial charge in [-0.3, -0.25) is 0 Å². The smallest absolute Gasteiger partial charge is 0.0731 e. The van der Waals surface area contributed by atoms with Gasteiger partial charge in [0.1, 0.15) is 0 Å². The SMILES string of the molecule is CCCCC(NC)c1cc(C)c(Br)s1. The Balaban J connectivity index is 2.68. The molecule has 14 heavy (non-hydrogen) atoms. The van der Waals surface area contributed by atoms with Gasteiger partial charge in [0.15, 0.2) is 0 Å². The van der Waals surface area contributed by atoms with E-state index in [1.165, 1.54) is 33.5 Å². The van der Waals surface area contributed by atoms with Gasteiger partial charge in [0.05, 0.1) is 3.79 Å². The molecule has 3 heteroatoms. The lowest BCUT2D eigenvalue weighted by Gasteiger charge is -2.13. The van der Waals surface area contributed by atoms with Crippen LogP contribution in [0.2, 0.25) is 0 Å². The molecule has 1 N–H and O–H groups in total. The van der Waals surface area contributed by atoms with Crippen molar-refractivity contribution in [2.24, 2.45) is 0 Å². The second-order valence-corrected chi connectivity index (χ2v) is 5.99. The highest BCUT2D eigenvalue weighted by atomic mass is 79.9. The Morgan fingerprint density at radius 3 is 2.71 bits per heavy atom. The maximum absolute atomic E-state index is 3.57. The van der Waals surface area contributed by atoms with E-state index >= 15 is 0 Å². The number of thiophene rings is 1. The number of rotatable bonds is 5. The first-order valence-corrected chi connectivity index (χ1v) is 6.73. The quantitative estimate of drug-likeness (QED) is 0.846. The molecule has 0 aromatic carbocycles. The first-order valence-electron chi connectivity index (χ1n) is 5.12. The van der Waals surface area contributed by atoms with Gasteiger partial charge in [-0.25, -0.2) is 0 Å². The van der Waals surface area contributed by atoms with Crippen LogP contribution in [0.5, 0.6) is 0 Å². The fraction of sp³-hybridized carbons (Fsp3) is 0.636. The first-order chi connectivity index (χ1) is 6.69. The van der Waals surface area contributed by atoms with Crippen molar-refractivity contribution in [2.75, 3.05) is 7.05 Å². The number of nitrogens with one attached hydrogen (secondary N) is 1. The van der Waals surface area contributed by atoms with Crippen molar-refractivity contribution >= 4 is 27.3 Å². The van der Waals surface area contributed by atoms with Gasteiger partial charge in [0.25, 0.3) is 0 Å². The highest BCUT2D eigenvalue weighted by Crippen LogP contribution is 2.33. The van der Waals surface area contributed by atoms with Crippen molar-refractivity contribution in [3.63, 3.8) is 0 Å². The van der Waals surface area contributed by atoms with Crippen molar-refractivity contribution in [1.29, 1.82) is 0 Å². The maximum atomic E-state index is 3.57. The maximum Gasteiger partial charge on any atom is 0.0731 e. The second kappa shape index (κ2) is 5.89. The molecule has 80 valence electrons. The molecule has 0 bridgehead atoms. The van der Waals surface area contributed by atoms with Crippen LogP contribution in [0.3, 0.4) is 0 Å². The van der Waals surface area contributed by atoms with E-state index in [1.54, 1.807) is 0 Å². The predicted molar refractivity (Wildman–Crippen MR) is 68.1 cm³/mol. The topological polar surface area (TPSA) is 12.0 Å². The average molecular weight is 276 g/mol. The largest absolute Gasteiger partial charge is 0.312 e. The molecule has 0 spiro atoms. The summed E-state index contributed by atoms with van der Waals surface area (Å²) in [5.74, 6) is 0. The summed E-state index contributed by atoms with van der Waals surface area (Å²) in [4.78, 5) is 1.45. The van der Waals surface area contributed by atoms with Gasteiger partial charge in [0, 0.05) is 10.9 Å². The third-order valence-electron chi connectivity index (χ3n) is 2.41. The number of hydrogen-bond donors (Lipinski definition) is 1. The summed E-state index contributed by atoms with van der Waals surface area (Å²) in [6.45, 7) is 4.39. The molecule has 1 aromatic rings. The number of halogens is 1. The molecule has 0 aliphatic rings. The Labute approximate surface area is 99.0 Å². The van der Waals surface area contributed by atoms with Gasteiger partial charge in [-0.2, -0.15) is 0 Å². The molecule has 0 radical (unpaired) electrons. The third-order valence-corrected chi connectivity index (χ3v) is 4.66. The van der Waals surface area contributed by atoms with Crippen LogP contribution in [0.4, 0.5) is 0 Å². The molecule has 0 saturated carbocycles. The van der Waals surface area contributed by atoms with Crippen LogP contribution >= 0.6 is 27.3 Å². The standard InChI is InChI=1S/C11H18BrNS/c1-4-5-6-9(13-3)10-7-8(2)11(12)14-10/h7,9,13H,4-6H2,1-3H3. The Morgan fingerprint density at radius 2 is 2.29 bits per heavy atom. The summed E-state index contributed by atoms with van der Waals surface area (Å²) >= 11 is 5.42. The van der Waals surface area contributed by atoms with E-state index in [4.69, 9.17) is 0 Å². The molecule has 0 saturated heterocycles. The van der Waals surface area contributed by atoms with Crippen molar-refractivity contribution in [3.8, 4) is 0 Å². The normalized spacial score (nSPS) is 13.1. The van der Waals surface area contributed by atoms with Crippen molar-refractivity contribution in [1.82, 2.24) is 5.32 Å². The van der Waals surface area contributed by atoms with E-state index in [0.717, 1.165) is 0 Å². The summed E-state index contributed by atoms with van der Waals surface area (Å²) in [6, 6.07) is 2.82. The van der Waals surface area contributed by atoms with Crippen LogP contribution in [0.25, 0.3) is 0 Å². The minimum atomic E-state index is 0.532. The summed E-state index contributed by atoms with van der Waals surface area (Å²) in [7, 11) is 2.04. The molecule has 1 aromatic heterocycles. The summed E-state index contributed by atoms with van der Waals surface area (Å²) in [5.41, 5.74) is 1.35. The summed E-state index contributed by atoms with van der Waals surface area (Å²) in [6.07, 6.45) is 3.79. The van der Waals surface area contributed by atoms with Crippen LogP contribution in [0, 0.1) is 6.92 Å². The zero-order valence-corrected chi connectivity index (χ0v) is 11.5. The van der Waals surface area contributed by atoms with Gasteiger partial charge in [-0.15, -0.1) is 11.3 Å². The Bertz CT molecular complexity index is 263. The molecule has 0 amide bonds. The molecule has 0 aliphatic heterocycles. The number of hydrogen-bond acceptors (Lipinski definition) is 2. The van der Waals surface area contributed by atoms with E-state index in [-0.39, 0.29) is 0 Å². The minimum absolute atomic E-state index is 0.532. The summed E-state index contributed by atoms with van der Waals surface area (Å²) in [5, 5.41) is 3.38. The van der Waals surface area contributed by atoms with Gasteiger partial charge >= 0.3 is 0 Å². The van der Waals surface area contributed by atoms with E-state index in [9.17, 15) is 0 Å². The van der Waals surface area contributed by atoms with Crippen LogP contribution in [0.1, 0.15) is 42.7 Å². The molecule has 0 aliphatic carbocycles. The molecular formula is C11H18BrNS. The van der Waals surface area contributed by atoms with Crippen LogP contribution in [-0.4, -0.2) is 7.05 Å². The molecule has 1 heterocycles. The molecule has 1 atom stereocenters. The Hall–Kier alpha value is 0.140. The molecule has 1 unspecified atom stereocenters. The minimum Gasteiger partial charge on any atom is -0.312 e. The highest BCUT2D eigenvalue weighted by Gasteiger charge is 2.12. The lowest BCUT2D eigenvalue weighted by atomic mass is 10.1. The van der Waals surface area contributed by atoms with E-state index < -0.39 is 0 Å². The van der Waals surface area contributed by atoms with Crippen LogP contribution in [-0.2, 0) is 0 Å². The number of aryl methyl sites for hydroxylation is 1. The summed E-state index contributed by atoms with van der Waals surface area (Å²) < 4.78 is 1.27. The molecule has 0 fully saturated rings. The Kier molecular flexibility index (Phi) is 5.13.